The number of ether oxygens (including phenoxy) is 3. The minimum Gasteiger partial charge on any atom is -0.493 e. The molecular weight excluding hydrogens is 645 g/mol. The van der Waals surface area contributed by atoms with Crippen molar-refractivity contribution < 1.29 is 46.6 Å². The summed E-state index contributed by atoms with van der Waals surface area (Å²) in [5, 5.41) is 17.9. The van der Waals surface area contributed by atoms with Crippen LogP contribution in [0.1, 0.15) is 15.9 Å². The molecule has 0 aliphatic heterocycles. The van der Waals surface area contributed by atoms with Crippen molar-refractivity contribution >= 4 is 45.5 Å². The molecule has 0 atom stereocenters. The molecule has 5 N–H and O–H groups in total. The molecule has 47 heavy (non-hydrogen) atoms. The molecule has 2 heterocycles. The Morgan fingerprint density at radius 1 is 0.936 bits per heavy atom. The van der Waals surface area contributed by atoms with Crippen LogP contribution in [-0.4, -0.2) is 59.6 Å². The Balaban J connectivity index is 0.000000644. The van der Waals surface area contributed by atoms with E-state index in [0.29, 0.717) is 55.6 Å². The monoisotopic (exact) mass is 672 g/mol. The number of aromatic nitrogens is 3. The second kappa shape index (κ2) is 14.5. The van der Waals surface area contributed by atoms with Gasteiger partial charge in [0.05, 0.1) is 21.3 Å². The first-order valence-electron chi connectivity index (χ1n) is 13.3. The molecular formula is C30H27F3N6O7S. The number of carbonyl (C=O) groups excluding carboxylic acids is 1. The Bertz CT molecular complexity index is 1870. The molecule has 0 aliphatic carbocycles. The van der Waals surface area contributed by atoms with Gasteiger partial charge in [0.1, 0.15) is 10.7 Å². The molecule has 0 bridgehead atoms. The number of aryl methyl sites for hydroxylation is 1. The number of amides is 1. The molecule has 0 radical (unpaired) electrons. The molecule has 0 saturated carbocycles. The Kier molecular flexibility index (Phi) is 10.5. The molecule has 0 spiro atoms. The quantitative estimate of drug-likeness (QED) is 0.135. The summed E-state index contributed by atoms with van der Waals surface area (Å²) in [7, 11) is 4.63. The maximum Gasteiger partial charge on any atom is 0.490 e. The highest BCUT2D eigenvalue weighted by atomic mass is 32.1. The number of aliphatic carboxylic acids is 1. The Morgan fingerprint density at radius 2 is 1.60 bits per heavy atom. The number of nitrogens with one attached hydrogen (secondary N) is 2. The number of benzene rings is 3. The zero-order chi connectivity index (χ0) is 34.3. The van der Waals surface area contributed by atoms with Crippen LogP contribution in [0.2, 0.25) is 0 Å². The standard InChI is InChI=1S/C28H26N6O5S.C2HF3O2/c1-15-8-5-6-11-19(15)26(35)30-17-10-7-9-16(12-17)25-33-27(39-34-25)23-24(29)32-28(40-23)31-18-13-20(36-2)22(38-4)21(14-18)37-3;3-2(4,5)1(6)7/h5-14H,29H2,1-4H3,(H,30,35)(H,31,32);(H,6,7). The molecule has 0 unspecified atom stereocenters. The third kappa shape index (κ3) is 8.26. The first-order chi connectivity index (χ1) is 22.3. The highest BCUT2D eigenvalue weighted by Gasteiger charge is 2.38. The van der Waals surface area contributed by atoms with Gasteiger partial charge in [0.15, 0.2) is 16.6 Å². The maximum absolute atomic E-state index is 12.7. The Labute approximate surface area is 269 Å². The van der Waals surface area contributed by atoms with E-state index in [4.69, 9.17) is 34.4 Å². The van der Waals surface area contributed by atoms with E-state index in [1.165, 1.54) is 18.4 Å². The highest BCUT2D eigenvalue weighted by molar-refractivity contribution is 7.19. The molecule has 3 aromatic carbocycles. The van der Waals surface area contributed by atoms with Crippen molar-refractivity contribution in [3.05, 3.63) is 71.8 Å². The average Bonchev–Trinajstić information content (AvgIpc) is 3.67. The predicted molar refractivity (Wildman–Crippen MR) is 167 cm³/mol. The summed E-state index contributed by atoms with van der Waals surface area (Å²) in [5.74, 6) is -0.699. The van der Waals surface area contributed by atoms with Crippen molar-refractivity contribution in [3.63, 3.8) is 0 Å². The summed E-state index contributed by atoms with van der Waals surface area (Å²) in [6.45, 7) is 1.89. The van der Waals surface area contributed by atoms with Gasteiger partial charge in [-0.15, -0.1) is 0 Å². The van der Waals surface area contributed by atoms with Crippen LogP contribution in [0.3, 0.4) is 0 Å². The van der Waals surface area contributed by atoms with Crippen LogP contribution in [0.15, 0.2) is 65.2 Å². The zero-order valence-electron chi connectivity index (χ0n) is 25.1. The minimum absolute atomic E-state index is 0.200. The lowest BCUT2D eigenvalue weighted by molar-refractivity contribution is -0.192. The summed E-state index contributed by atoms with van der Waals surface area (Å²) >= 11 is 1.25. The highest BCUT2D eigenvalue weighted by Crippen LogP contribution is 2.42. The van der Waals surface area contributed by atoms with E-state index in [2.05, 4.69) is 25.8 Å². The summed E-state index contributed by atoms with van der Waals surface area (Å²) in [6.07, 6.45) is -5.08. The number of halogens is 3. The number of hydrogen-bond acceptors (Lipinski definition) is 12. The van der Waals surface area contributed by atoms with E-state index >= 15 is 0 Å². The lowest BCUT2D eigenvalue weighted by Gasteiger charge is -2.14. The fourth-order valence-corrected chi connectivity index (χ4v) is 4.84. The predicted octanol–water partition coefficient (Wildman–Crippen LogP) is 6.41. The second-order valence-corrected chi connectivity index (χ2v) is 10.3. The smallest absolute Gasteiger partial charge is 0.490 e. The number of anilines is 4. The minimum atomic E-state index is -5.08. The number of carboxylic acid groups (broad SMARTS) is 1. The van der Waals surface area contributed by atoms with Crippen LogP contribution in [0.5, 0.6) is 17.2 Å². The number of hydrogen-bond donors (Lipinski definition) is 4. The van der Waals surface area contributed by atoms with Gasteiger partial charge in [-0.25, -0.2) is 9.78 Å². The Hall–Kier alpha value is -5.84. The number of rotatable bonds is 9. The molecule has 1 amide bonds. The van der Waals surface area contributed by atoms with E-state index in [1.54, 1.807) is 50.6 Å². The van der Waals surface area contributed by atoms with E-state index in [9.17, 15) is 18.0 Å². The fourth-order valence-electron chi connectivity index (χ4n) is 4.01. The van der Waals surface area contributed by atoms with Crippen LogP contribution in [0.25, 0.3) is 22.2 Å². The molecule has 0 fully saturated rings. The van der Waals surface area contributed by atoms with Crippen molar-refractivity contribution in [1.82, 2.24) is 15.1 Å². The lowest BCUT2D eigenvalue weighted by atomic mass is 10.1. The third-order valence-electron chi connectivity index (χ3n) is 6.20. The summed E-state index contributed by atoms with van der Waals surface area (Å²) in [6, 6.07) is 18.1. The van der Waals surface area contributed by atoms with Crippen LogP contribution in [0.4, 0.5) is 35.5 Å². The number of thiazole rings is 1. The second-order valence-electron chi connectivity index (χ2n) is 9.35. The molecule has 5 aromatic rings. The molecule has 17 heteroatoms. The summed E-state index contributed by atoms with van der Waals surface area (Å²) in [4.78, 5) is 31.1. The number of nitrogens with two attached hydrogens (primary N) is 1. The van der Waals surface area contributed by atoms with Crippen molar-refractivity contribution in [2.75, 3.05) is 37.7 Å². The number of nitrogens with zero attached hydrogens (tertiary/aromatic N) is 3. The van der Waals surface area contributed by atoms with Gasteiger partial charge in [-0.1, -0.05) is 46.8 Å². The van der Waals surface area contributed by atoms with Gasteiger partial charge in [-0.2, -0.15) is 18.2 Å². The van der Waals surface area contributed by atoms with Gasteiger partial charge in [0, 0.05) is 34.6 Å². The van der Waals surface area contributed by atoms with Crippen molar-refractivity contribution in [2.45, 2.75) is 13.1 Å². The first-order valence-corrected chi connectivity index (χ1v) is 14.1. The van der Waals surface area contributed by atoms with E-state index in [-0.39, 0.29) is 17.6 Å². The van der Waals surface area contributed by atoms with Gasteiger partial charge in [0.2, 0.25) is 11.6 Å². The third-order valence-corrected chi connectivity index (χ3v) is 7.18. The molecule has 0 aliphatic rings. The first kappa shape index (κ1) is 34.0. The number of nitrogen functional groups attached to an aromatic ring is 1. The van der Waals surface area contributed by atoms with Crippen LogP contribution < -0.4 is 30.6 Å². The maximum atomic E-state index is 12.7. The Morgan fingerprint density at radius 3 is 2.19 bits per heavy atom. The van der Waals surface area contributed by atoms with Gasteiger partial charge < -0.3 is 40.2 Å². The normalized spacial score (nSPS) is 10.8. The van der Waals surface area contributed by atoms with Crippen LogP contribution >= 0.6 is 11.3 Å². The largest absolute Gasteiger partial charge is 0.493 e. The summed E-state index contributed by atoms with van der Waals surface area (Å²) in [5.41, 5.74) is 9.61. The number of carbonyl (C=O) groups is 2. The van der Waals surface area contributed by atoms with Gasteiger partial charge in [0.25, 0.3) is 11.8 Å². The lowest BCUT2D eigenvalue weighted by Crippen LogP contribution is -2.21. The molecule has 13 nitrogen and oxygen atoms in total. The SMILES string of the molecule is COc1cc(Nc2nc(N)c(-c3nc(-c4cccc(NC(=O)c5ccccc5C)c4)no3)s2)cc(OC)c1OC.O=C(O)C(F)(F)F. The number of carboxylic acids is 1. The van der Waals surface area contributed by atoms with E-state index in [1.807, 2.05) is 31.2 Å². The van der Waals surface area contributed by atoms with Crippen molar-refractivity contribution in [3.8, 4) is 39.4 Å². The summed E-state index contributed by atoms with van der Waals surface area (Å²) < 4.78 is 53.5. The van der Waals surface area contributed by atoms with E-state index in [0.717, 1.165) is 5.56 Å². The average molecular weight is 673 g/mol. The van der Waals surface area contributed by atoms with Gasteiger partial charge in [-0.3, -0.25) is 4.79 Å². The van der Waals surface area contributed by atoms with Crippen LogP contribution in [-0.2, 0) is 4.79 Å². The molecule has 0 saturated heterocycles. The van der Waals surface area contributed by atoms with Gasteiger partial charge >= 0.3 is 12.1 Å². The molecule has 5 rings (SSSR count). The molecule has 2 aromatic heterocycles. The number of alkyl halides is 3. The van der Waals surface area contributed by atoms with Crippen LogP contribution in [0, 0.1) is 6.92 Å². The van der Waals surface area contributed by atoms with Crippen molar-refractivity contribution in [2.24, 2.45) is 0 Å². The topological polar surface area (TPSA) is 184 Å². The zero-order valence-corrected chi connectivity index (χ0v) is 25.9. The fraction of sp³-hybridized carbons (Fsp3) is 0.167. The van der Waals surface area contributed by atoms with E-state index < -0.39 is 12.1 Å². The molecule has 246 valence electrons. The number of methoxy groups -OCH3 is 3. The van der Waals surface area contributed by atoms with Crippen molar-refractivity contribution in [1.29, 1.82) is 0 Å². The van der Waals surface area contributed by atoms with Gasteiger partial charge in [-0.05, 0) is 30.7 Å².